The van der Waals surface area contributed by atoms with E-state index in [1.165, 1.54) is 30.6 Å². The monoisotopic (exact) mass is 264 g/mol. The van der Waals surface area contributed by atoms with E-state index in [4.69, 9.17) is 0 Å². The molecule has 0 radical (unpaired) electrons. The number of benzene rings is 1. The molecular weight excluding hydrogens is 254 g/mol. The van der Waals surface area contributed by atoms with Crippen molar-refractivity contribution in [3.05, 3.63) is 59.4 Å². The van der Waals surface area contributed by atoms with Gasteiger partial charge < -0.3 is 10.4 Å². The lowest BCUT2D eigenvalue weighted by Crippen LogP contribution is -2.23. The van der Waals surface area contributed by atoms with Gasteiger partial charge in [0.1, 0.15) is 5.75 Å². The number of nitrogens with one attached hydrogen (secondary N) is 1. The first-order chi connectivity index (χ1) is 9.08. The minimum Gasteiger partial charge on any atom is -0.506 e. The summed E-state index contributed by atoms with van der Waals surface area (Å²) >= 11 is 0. The van der Waals surface area contributed by atoms with Crippen LogP contribution in [0, 0.1) is 11.6 Å². The van der Waals surface area contributed by atoms with Crippen LogP contribution in [0.1, 0.15) is 15.9 Å². The number of halogens is 2. The Bertz CT molecular complexity index is 617. The maximum Gasteiger partial charge on any atom is 0.253 e. The molecule has 4 nitrogen and oxygen atoms in total. The Morgan fingerprint density at radius 1 is 1.32 bits per heavy atom. The number of amides is 1. The number of pyridine rings is 1. The highest BCUT2D eigenvalue weighted by Gasteiger charge is 2.10. The Morgan fingerprint density at radius 3 is 2.84 bits per heavy atom. The zero-order chi connectivity index (χ0) is 13.8. The van der Waals surface area contributed by atoms with Gasteiger partial charge in [0.2, 0.25) is 0 Å². The summed E-state index contributed by atoms with van der Waals surface area (Å²) in [5, 5.41) is 11.6. The molecule has 19 heavy (non-hydrogen) atoms. The van der Waals surface area contributed by atoms with E-state index < -0.39 is 17.5 Å². The highest BCUT2D eigenvalue weighted by atomic mass is 19.2. The third kappa shape index (κ3) is 3.04. The zero-order valence-electron chi connectivity index (χ0n) is 9.73. The van der Waals surface area contributed by atoms with Gasteiger partial charge >= 0.3 is 0 Å². The fourth-order valence-electron chi connectivity index (χ4n) is 1.51. The van der Waals surface area contributed by atoms with Crippen molar-refractivity contribution in [2.45, 2.75) is 6.54 Å². The molecule has 2 N–H and O–H groups in total. The average Bonchev–Trinajstić information content (AvgIpc) is 2.40. The normalized spacial score (nSPS) is 10.2. The Labute approximate surface area is 107 Å². The first-order valence-electron chi connectivity index (χ1n) is 5.43. The molecule has 0 spiro atoms. The molecule has 2 aromatic rings. The van der Waals surface area contributed by atoms with Crippen molar-refractivity contribution in [3.8, 4) is 5.75 Å². The van der Waals surface area contributed by atoms with Crippen LogP contribution >= 0.6 is 0 Å². The lowest BCUT2D eigenvalue weighted by Gasteiger charge is -2.06. The summed E-state index contributed by atoms with van der Waals surface area (Å²) in [4.78, 5) is 15.3. The third-order valence-electron chi connectivity index (χ3n) is 2.46. The van der Waals surface area contributed by atoms with E-state index in [2.05, 4.69) is 10.3 Å². The average molecular weight is 264 g/mol. The van der Waals surface area contributed by atoms with Crippen LogP contribution in [-0.4, -0.2) is 16.0 Å². The van der Waals surface area contributed by atoms with E-state index in [-0.39, 0.29) is 23.4 Å². The maximum atomic E-state index is 13.3. The van der Waals surface area contributed by atoms with Crippen LogP contribution in [-0.2, 0) is 6.54 Å². The van der Waals surface area contributed by atoms with Crippen LogP contribution in [0.25, 0.3) is 0 Å². The van der Waals surface area contributed by atoms with Gasteiger partial charge in [0.25, 0.3) is 5.91 Å². The zero-order valence-corrected chi connectivity index (χ0v) is 9.73. The second kappa shape index (κ2) is 5.43. The van der Waals surface area contributed by atoms with E-state index in [1.807, 2.05) is 0 Å². The van der Waals surface area contributed by atoms with Gasteiger partial charge in [-0.05, 0) is 12.1 Å². The predicted molar refractivity (Wildman–Crippen MR) is 63.4 cm³/mol. The summed E-state index contributed by atoms with van der Waals surface area (Å²) in [5.74, 6) is -2.64. The summed E-state index contributed by atoms with van der Waals surface area (Å²) in [6.07, 6.45) is 2.44. The lowest BCUT2D eigenvalue weighted by atomic mass is 10.2. The molecule has 0 saturated heterocycles. The van der Waals surface area contributed by atoms with Crippen molar-refractivity contribution < 1.29 is 18.7 Å². The van der Waals surface area contributed by atoms with Crippen LogP contribution in [0.4, 0.5) is 8.78 Å². The molecule has 0 bridgehead atoms. The second-order valence-electron chi connectivity index (χ2n) is 3.83. The SMILES string of the molecule is O=C(NCc1cccc(F)c1F)c1cncc(O)c1. The van der Waals surface area contributed by atoms with Crippen molar-refractivity contribution in [1.29, 1.82) is 0 Å². The van der Waals surface area contributed by atoms with Crippen molar-refractivity contribution in [2.75, 3.05) is 0 Å². The van der Waals surface area contributed by atoms with Gasteiger partial charge in [-0.2, -0.15) is 0 Å². The van der Waals surface area contributed by atoms with E-state index in [1.54, 1.807) is 0 Å². The summed E-state index contributed by atoms with van der Waals surface area (Å²) in [7, 11) is 0. The largest absolute Gasteiger partial charge is 0.506 e. The van der Waals surface area contributed by atoms with Crippen LogP contribution in [0.2, 0.25) is 0 Å². The number of aromatic nitrogens is 1. The van der Waals surface area contributed by atoms with Crippen molar-refractivity contribution in [2.24, 2.45) is 0 Å². The second-order valence-corrected chi connectivity index (χ2v) is 3.83. The topological polar surface area (TPSA) is 62.2 Å². The molecule has 0 saturated carbocycles. The van der Waals surface area contributed by atoms with Crippen LogP contribution in [0.15, 0.2) is 36.7 Å². The Hall–Kier alpha value is -2.50. The van der Waals surface area contributed by atoms with E-state index >= 15 is 0 Å². The van der Waals surface area contributed by atoms with Crippen LogP contribution < -0.4 is 5.32 Å². The minimum atomic E-state index is -0.989. The smallest absolute Gasteiger partial charge is 0.253 e. The van der Waals surface area contributed by atoms with Gasteiger partial charge in [-0.15, -0.1) is 0 Å². The molecule has 0 aliphatic rings. The van der Waals surface area contributed by atoms with Crippen molar-refractivity contribution in [1.82, 2.24) is 10.3 Å². The highest BCUT2D eigenvalue weighted by molar-refractivity contribution is 5.94. The van der Waals surface area contributed by atoms with Crippen molar-refractivity contribution in [3.63, 3.8) is 0 Å². The molecule has 1 heterocycles. The molecule has 0 atom stereocenters. The molecule has 6 heteroatoms. The molecule has 0 aliphatic heterocycles. The summed E-state index contributed by atoms with van der Waals surface area (Å²) in [6, 6.07) is 4.96. The summed E-state index contributed by atoms with van der Waals surface area (Å²) in [6.45, 7) is -0.155. The number of rotatable bonds is 3. The minimum absolute atomic E-state index is 0.0430. The highest BCUT2D eigenvalue weighted by Crippen LogP contribution is 2.12. The Balaban J connectivity index is 2.07. The lowest BCUT2D eigenvalue weighted by molar-refractivity contribution is 0.0949. The van der Waals surface area contributed by atoms with E-state index in [0.717, 1.165) is 6.07 Å². The number of hydrogen-bond donors (Lipinski definition) is 2. The molecule has 0 aliphatic carbocycles. The van der Waals surface area contributed by atoms with Gasteiger partial charge in [-0.3, -0.25) is 9.78 Å². The Kier molecular flexibility index (Phi) is 3.70. The number of carbonyl (C=O) groups excluding carboxylic acids is 1. The van der Waals surface area contributed by atoms with Crippen LogP contribution in [0.5, 0.6) is 5.75 Å². The first-order valence-corrected chi connectivity index (χ1v) is 5.43. The van der Waals surface area contributed by atoms with Gasteiger partial charge in [0.05, 0.1) is 11.8 Å². The van der Waals surface area contributed by atoms with Gasteiger partial charge in [-0.25, -0.2) is 8.78 Å². The molecule has 1 aromatic heterocycles. The fraction of sp³-hybridized carbons (Fsp3) is 0.0769. The van der Waals surface area contributed by atoms with E-state index in [0.29, 0.717) is 0 Å². The predicted octanol–water partition coefficient (Wildman–Crippen LogP) is 2.00. The van der Waals surface area contributed by atoms with Crippen molar-refractivity contribution >= 4 is 5.91 Å². The number of nitrogens with zero attached hydrogens (tertiary/aromatic N) is 1. The number of carbonyl (C=O) groups is 1. The van der Waals surface area contributed by atoms with Gasteiger partial charge in [-0.1, -0.05) is 12.1 Å². The molecular formula is C13H10F2N2O2. The third-order valence-corrected chi connectivity index (χ3v) is 2.46. The van der Waals surface area contributed by atoms with E-state index in [9.17, 15) is 18.7 Å². The number of aromatic hydroxyl groups is 1. The first kappa shape index (κ1) is 12.9. The maximum absolute atomic E-state index is 13.3. The summed E-state index contributed by atoms with van der Waals surface area (Å²) < 4.78 is 26.3. The fourth-order valence-corrected chi connectivity index (χ4v) is 1.51. The number of hydrogen-bond acceptors (Lipinski definition) is 3. The Morgan fingerprint density at radius 2 is 2.11 bits per heavy atom. The molecule has 2 rings (SSSR count). The molecule has 1 aromatic carbocycles. The molecule has 98 valence electrons. The quantitative estimate of drug-likeness (QED) is 0.891. The standard InChI is InChI=1S/C13H10F2N2O2/c14-11-3-1-2-8(12(11)15)6-17-13(19)9-4-10(18)7-16-5-9/h1-5,7,18H,6H2,(H,17,19). The molecule has 1 amide bonds. The van der Waals surface area contributed by atoms with Crippen LogP contribution in [0.3, 0.4) is 0 Å². The molecule has 0 unspecified atom stereocenters. The van der Waals surface area contributed by atoms with Gasteiger partial charge in [0.15, 0.2) is 11.6 Å². The molecule has 0 fully saturated rings. The summed E-state index contributed by atoms with van der Waals surface area (Å²) in [5.41, 5.74) is 0.179. The van der Waals surface area contributed by atoms with Gasteiger partial charge in [0, 0.05) is 18.3 Å².